The van der Waals surface area contributed by atoms with Gasteiger partial charge in [0.2, 0.25) is 0 Å². The van der Waals surface area contributed by atoms with Gasteiger partial charge in [-0.3, -0.25) is 9.36 Å². The standard InChI is InChI=1S/C16H15N3OS2/c1-3-8-19-14-13(22-16(19)21)15(20)18(10-17-14)9-12-7-5-4-6-11(12)2/h3-7,10H,1,8-9H2,2H3. The molecular weight excluding hydrogens is 314 g/mol. The predicted molar refractivity (Wildman–Crippen MR) is 93.2 cm³/mol. The number of aryl methyl sites for hydroxylation is 1. The van der Waals surface area contributed by atoms with Crippen molar-refractivity contribution in [2.45, 2.75) is 20.0 Å². The van der Waals surface area contributed by atoms with Gasteiger partial charge in [-0.2, -0.15) is 0 Å². The molecule has 2 aromatic heterocycles. The van der Waals surface area contributed by atoms with Crippen LogP contribution in [0.25, 0.3) is 10.3 Å². The molecule has 0 bridgehead atoms. The Morgan fingerprint density at radius 3 is 2.91 bits per heavy atom. The van der Waals surface area contributed by atoms with Gasteiger partial charge in [-0.05, 0) is 30.3 Å². The molecular formula is C16H15N3OS2. The lowest BCUT2D eigenvalue weighted by molar-refractivity contribution is 0.738. The number of benzene rings is 1. The van der Waals surface area contributed by atoms with Crippen molar-refractivity contribution >= 4 is 33.9 Å². The van der Waals surface area contributed by atoms with Crippen LogP contribution in [0.2, 0.25) is 0 Å². The summed E-state index contributed by atoms with van der Waals surface area (Å²) in [5.41, 5.74) is 2.86. The van der Waals surface area contributed by atoms with Crippen LogP contribution in [0.4, 0.5) is 0 Å². The van der Waals surface area contributed by atoms with Gasteiger partial charge in [0.25, 0.3) is 5.56 Å². The van der Waals surface area contributed by atoms with E-state index < -0.39 is 0 Å². The van der Waals surface area contributed by atoms with Crippen LogP contribution in [-0.2, 0) is 13.1 Å². The minimum absolute atomic E-state index is 0.0489. The average Bonchev–Trinajstić information content (AvgIpc) is 2.82. The van der Waals surface area contributed by atoms with Crippen molar-refractivity contribution in [3.63, 3.8) is 0 Å². The zero-order valence-electron chi connectivity index (χ0n) is 12.2. The van der Waals surface area contributed by atoms with Crippen LogP contribution in [0.5, 0.6) is 0 Å². The van der Waals surface area contributed by atoms with E-state index in [9.17, 15) is 4.79 Å². The van der Waals surface area contributed by atoms with Crippen LogP contribution >= 0.6 is 23.6 Å². The maximum Gasteiger partial charge on any atom is 0.273 e. The molecule has 0 aliphatic rings. The van der Waals surface area contributed by atoms with Crippen molar-refractivity contribution in [3.8, 4) is 0 Å². The molecule has 3 aromatic rings. The highest BCUT2D eigenvalue weighted by Gasteiger charge is 2.11. The van der Waals surface area contributed by atoms with E-state index in [1.165, 1.54) is 11.3 Å². The maximum atomic E-state index is 12.7. The lowest BCUT2D eigenvalue weighted by atomic mass is 10.1. The number of thiazole rings is 1. The Morgan fingerprint density at radius 2 is 2.18 bits per heavy atom. The van der Waals surface area contributed by atoms with E-state index >= 15 is 0 Å². The van der Waals surface area contributed by atoms with E-state index in [4.69, 9.17) is 12.2 Å². The minimum atomic E-state index is -0.0489. The molecule has 0 saturated heterocycles. The third-order valence-corrected chi connectivity index (χ3v) is 4.98. The Hall–Kier alpha value is -2.05. The zero-order valence-corrected chi connectivity index (χ0v) is 13.8. The molecule has 0 fully saturated rings. The molecule has 0 radical (unpaired) electrons. The number of rotatable bonds is 4. The molecule has 112 valence electrons. The van der Waals surface area contributed by atoms with Crippen molar-refractivity contribution in [1.29, 1.82) is 0 Å². The van der Waals surface area contributed by atoms with Crippen LogP contribution in [-0.4, -0.2) is 14.1 Å². The van der Waals surface area contributed by atoms with Crippen LogP contribution in [0.3, 0.4) is 0 Å². The normalized spacial score (nSPS) is 11.0. The first-order valence-corrected chi connectivity index (χ1v) is 8.08. The van der Waals surface area contributed by atoms with Gasteiger partial charge in [-0.25, -0.2) is 4.98 Å². The van der Waals surface area contributed by atoms with E-state index in [0.29, 0.717) is 27.4 Å². The number of fused-ring (bicyclic) bond motifs is 1. The van der Waals surface area contributed by atoms with Gasteiger partial charge >= 0.3 is 0 Å². The lowest BCUT2D eigenvalue weighted by Gasteiger charge is -2.08. The van der Waals surface area contributed by atoms with Gasteiger partial charge in [0.05, 0.1) is 6.54 Å². The van der Waals surface area contributed by atoms with E-state index in [2.05, 4.69) is 11.6 Å². The molecule has 6 heteroatoms. The number of nitrogens with zero attached hydrogens (tertiary/aromatic N) is 3. The smallest absolute Gasteiger partial charge is 0.273 e. The van der Waals surface area contributed by atoms with Crippen molar-refractivity contribution in [2.24, 2.45) is 0 Å². The Balaban J connectivity index is 2.12. The number of allylic oxidation sites excluding steroid dienone is 1. The average molecular weight is 329 g/mol. The third-order valence-electron chi connectivity index (χ3n) is 3.56. The molecule has 4 nitrogen and oxygen atoms in total. The molecule has 1 aromatic carbocycles. The predicted octanol–water partition coefficient (Wildman–Crippen LogP) is 3.53. The van der Waals surface area contributed by atoms with Gasteiger partial charge in [-0.1, -0.05) is 41.7 Å². The Labute approximate surface area is 137 Å². The van der Waals surface area contributed by atoms with E-state index in [1.807, 2.05) is 35.8 Å². The largest absolute Gasteiger partial charge is 0.304 e. The van der Waals surface area contributed by atoms with Crippen molar-refractivity contribution < 1.29 is 0 Å². The molecule has 0 saturated carbocycles. The van der Waals surface area contributed by atoms with Crippen molar-refractivity contribution in [2.75, 3.05) is 0 Å². The summed E-state index contributed by atoms with van der Waals surface area (Å²) < 4.78 is 4.71. The quantitative estimate of drug-likeness (QED) is 0.543. The van der Waals surface area contributed by atoms with Crippen LogP contribution in [0, 0.1) is 10.9 Å². The second-order valence-electron chi connectivity index (χ2n) is 5.02. The summed E-state index contributed by atoms with van der Waals surface area (Å²) in [6.45, 7) is 6.83. The van der Waals surface area contributed by atoms with Crippen LogP contribution in [0.15, 0.2) is 48.0 Å². The molecule has 0 unspecified atom stereocenters. The van der Waals surface area contributed by atoms with Crippen LogP contribution < -0.4 is 5.56 Å². The summed E-state index contributed by atoms with van der Waals surface area (Å²) in [6.07, 6.45) is 3.35. The van der Waals surface area contributed by atoms with Gasteiger partial charge in [0.15, 0.2) is 9.60 Å². The summed E-state index contributed by atoms with van der Waals surface area (Å²) in [5, 5.41) is 0. The summed E-state index contributed by atoms with van der Waals surface area (Å²) in [4.78, 5) is 17.1. The first kappa shape index (κ1) is 14.9. The van der Waals surface area contributed by atoms with Gasteiger partial charge in [0, 0.05) is 6.54 Å². The van der Waals surface area contributed by atoms with Crippen molar-refractivity contribution in [3.05, 3.63) is 68.7 Å². The lowest BCUT2D eigenvalue weighted by Crippen LogP contribution is -2.21. The molecule has 0 atom stereocenters. The summed E-state index contributed by atoms with van der Waals surface area (Å²) >= 11 is 6.63. The fourth-order valence-corrected chi connectivity index (χ4v) is 3.66. The first-order valence-electron chi connectivity index (χ1n) is 6.86. The van der Waals surface area contributed by atoms with E-state index in [-0.39, 0.29) is 5.56 Å². The molecule has 0 aliphatic carbocycles. The first-order chi connectivity index (χ1) is 10.6. The fourth-order valence-electron chi connectivity index (χ4n) is 2.35. The highest BCUT2D eigenvalue weighted by atomic mass is 32.1. The van der Waals surface area contributed by atoms with Crippen molar-refractivity contribution in [1.82, 2.24) is 14.1 Å². The Morgan fingerprint density at radius 1 is 1.41 bits per heavy atom. The topological polar surface area (TPSA) is 39.8 Å². The maximum absolute atomic E-state index is 12.7. The fraction of sp³-hybridized carbons (Fsp3) is 0.188. The Kier molecular flexibility index (Phi) is 4.04. The van der Waals surface area contributed by atoms with Gasteiger partial charge in [-0.15, -0.1) is 6.58 Å². The molecule has 2 heterocycles. The second-order valence-corrected chi connectivity index (χ2v) is 6.67. The molecule has 0 aliphatic heterocycles. The Bertz CT molecular complexity index is 965. The summed E-state index contributed by atoms with van der Waals surface area (Å²) in [7, 11) is 0. The summed E-state index contributed by atoms with van der Waals surface area (Å²) in [5.74, 6) is 0. The number of aromatic nitrogens is 3. The number of hydrogen-bond donors (Lipinski definition) is 0. The number of hydrogen-bond acceptors (Lipinski definition) is 4. The van der Waals surface area contributed by atoms with Crippen LogP contribution in [0.1, 0.15) is 11.1 Å². The zero-order chi connectivity index (χ0) is 15.7. The molecule has 0 spiro atoms. The minimum Gasteiger partial charge on any atom is -0.304 e. The second kappa shape index (κ2) is 5.98. The highest BCUT2D eigenvalue weighted by Crippen LogP contribution is 2.18. The SMILES string of the molecule is C=CCn1c(=S)sc2c(=O)n(Cc3ccccc3C)cnc21. The van der Waals surface area contributed by atoms with Gasteiger partial charge < -0.3 is 4.57 Å². The van der Waals surface area contributed by atoms with Gasteiger partial charge in [0.1, 0.15) is 11.0 Å². The molecule has 0 amide bonds. The highest BCUT2D eigenvalue weighted by molar-refractivity contribution is 7.73. The molecule has 0 N–H and O–H groups in total. The monoisotopic (exact) mass is 329 g/mol. The molecule has 22 heavy (non-hydrogen) atoms. The third kappa shape index (κ3) is 2.55. The van der Waals surface area contributed by atoms with E-state index in [1.54, 1.807) is 17.0 Å². The summed E-state index contributed by atoms with van der Waals surface area (Å²) in [6, 6.07) is 8.03. The molecule has 3 rings (SSSR count). The van der Waals surface area contributed by atoms with E-state index in [0.717, 1.165) is 11.1 Å².